The van der Waals surface area contributed by atoms with Gasteiger partial charge in [0.2, 0.25) is 15.9 Å². The second-order valence-corrected chi connectivity index (χ2v) is 11.3. The Balaban J connectivity index is 1.43. The summed E-state index contributed by atoms with van der Waals surface area (Å²) in [5.41, 5.74) is 3.06. The maximum atomic E-state index is 13.5. The number of nitro groups is 1. The molecule has 3 aromatic carbocycles. The number of fused-ring (bicyclic) bond motifs is 1. The van der Waals surface area contributed by atoms with Gasteiger partial charge in [0.1, 0.15) is 0 Å². The molecule has 3 N–H and O–H groups in total. The Labute approximate surface area is 222 Å². The van der Waals surface area contributed by atoms with Gasteiger partial charge in [-0.2, -0.15) is 0 Å². The van der Waals surface area contributed by atoms with Crippen LogP contribution in [0.3, 0.4) is 0 Å². The lowest BCUT2D eigenvalue weighted by Crippen LogP contribution is -2.40. The van der Waals surface area contributed by atoms with E-state index in [2.05, 4.69) is 16.1 Å². The number of nitro benzene ring substituents is 1. The number of aliphatic hydroxyl groups is 1. The molecule has 1 amide bonds. The predicted octanol–water partition coefficient (Wildman–Crippen LogP) is 3.68. The first-order valence-corrected chi connectivity index (χ1v) is 14.1. The first-order chi connectivity index (χ1) is 18.2. The van der Waals surface area contributed by atoms with E-state index in [1.54, 1.807) is 0 Å². The van der Waals surface area contributed by atoms with Crippen molar-refractivity contribution in [2.24, 2.45) is 5.92 Å². The van der Waals surface area contributed by atoms with Gasteiger partial charge in [0.15, 0.2) is 0 Å². The summed E-state index contributed by atoms with van der Waals surface area (Å²) < 4.78 is 27.6. The first kappa shape index (κ1) is 27.4. The Morgan fingerprint density at radius 3 is 2.42 bits per heavy atom. The van der Waals surface area contributed by atoms with Crippen LogP contribution in [0.2, 0.25) is 0 Å². The van der Waals surface area contributed by atoms with Crippen LogP contribution < -0.4 is 10.0 Å². The lowest BCUT2D eigenvalue weighted by Gasteiger charge is -2.29. The van der Waals surface area contributed by atoms with Crippen molar-refractivity contribution >= 4 is 21.6 Å². The van der Waals surface area contributed by atoms with Gasteiger partial charge in [-0.05, 0) is 60.9 Å². The van der Waals surface area contributed by atoms with Gasteiger partial charge in [0.05, 0.1) is 22.0 Å². The Kier molecular flexibility index (Phi) is 8.88. The van der Waals surface area contributed by atoms with Crippen molar-refractivity contribution in [3.8, 4) is 0 Å². The van der Waals surface area contributed by atoms with E-state index in [4.69, 9.17) is 0 Å². The zero-order chi connectivity index (χ0) is 27.1. The van der Waals surface area contributed by atoms with Crippen molar-refractivity contribution in [1.29, 1.82) is 0 Å². The number of nitrogens with one attached hydrogen (secondary N) is 2. The fraction of sp³-hybridized carbons (Fsp3) is 0.321. The highest BCUT2D eigenvalue weighted by Crippen LogP contribution is 2.30. The summed E-state index contributed by atoms with van der Waals surface area (Å²) in [6.07, 6.45) is 2.10. The van der Waals surface area contributed by atoms with Gasteiger partial charge in [-0.15, -0.1) is 0 Å². The third-order valence-electron chi connectivity index (χ3n) is 6.81. The van der Waals surface area contributed by atoms with Crippen molar-refractivity contribution < 1.29 is 23.2 Å². The number of nitrogens with zero attached hydrogens (tertiary/aromatic N) is 1. The number of sulfonamides is 1. The molecule has 4 rings (SSSR count). The van der Waals surface area contributed by atoms with Gasteiger partial charge in [0, 0.05) is 24.6 Å². The first-order valence-electron chi connectivity index (χ1n) is 12.6. The number of hydrogen-bond acceptors (Lipinski definition) is 6. The molecule has 3 aromatic rings. The number of non-ortho nitro benzene ring substituents is 1. The van der Waals surface area contributed by atoms with Crippen molar-refractivity contribution in [3.63, 3.8) is 0 Å². The van der Waals surface area contributed by atoms with Gasteiger partial charge in [-0.3, -0.25) is 14.9 Å². The minimum Gasteiger partial charge on any atom is -0.392 e. The number of aliphatic hydroxyl groups excluding tert-OH is 1. The van der Waals surface area contributed by atoms with Crippen molar-refractivity contribution in [2.45, 2.75) is 49.1 Å². The average Bonchev–Trinajstić information content (AvgIpc) is 2.92. The van der Waals surface area contributed by atoms with Crippen molar-refractivity contribution in [3.05, 3.63) is 106 Å². The van der Waals surface area contributed by atoms with Crippen molar-refractivity contribution in [1.82, 2.24) is 10.0 Å². The fourth-order valence-electron chi connectivity index (χ4n) is 4.82. The molecular formula is C28H31N3O6S. The SMILES string of the molecule is O=C(NC1CCCc2ccccc21)[C@H](Cc1ccccc1)C[C@H](O)CNS(=O)(=O)c1ccc([N+](=O)[O-])cc1. The summed E-state index contributed by atoms with van der Waals surface area (Å²) in [6, 6.07) is 21.9. The highest BCUT2D eigenvalue weighted by Gasteiger charge is 2.28. The highest BCUT2D eigenvalue weighted by molar-refractivity contribution is 7.89. The summed E-state index contributed by atoms with van der Waals surface area (Å²) in [5, 5.41) is 24.7. The number of carbonyl (C=O) groups is 1. The van der Waals surface area contributed by atoms with Crippen LogP contribution in [0, 0.1) is 16.0 Å². The average molecular weight is 538 g/mol. The Bertz CT molecular complexity index is 1360. The molecule has 200 valence electrons. The van der Waals surface area contributed by atoms with Crippen molar-refractivity contribution in [2.75, 3.05) is 6.54 Å². The van der Waals surface area contributed by atoms with E-state index in [-0.39, 0.29) is 35.5 Å². The molecule has 0 saturated carbocycles. The number of rotatable bonds is 11. The lowest BCUT2D eigenvalue weighted by atomic mass is 9.86. The maximum Gasteiger partial charge on any atom is 0.269 e. The molecule has 38 heavy (non-hydrogen) atoms. The molecule has 0 spiro atoms. The van der Waals surface area contributed by atoms with Crippen LogP contribution in [0.4, 0.5) is 5.69 Å². The third-order valence-corrected chi connectivity index (χ3v) is 8.24. The largest absolute Gasteiger partial charge is 0.392 e. The van der Waals surface area contributed by atoms with E-state index in [0.29, 0.717) is 6.42 Å². The van der Waals surface area contributed by atoms with E-state index in [9.17, 15) is 28.4 Å². The smallest absolute Gasteiger partial charge is 0.269 e. The summed E-state index contributed by atoms with van der Waals surface area (Å²) in [6.45, 7) is -0.301. The van der Waals surface area contributed by atoms with Crippen LogP contribution >= 0.6 is 0 Å². The van der Waals surface area contributed by atoms with Gasteiger partial charge in [0.25, 0.3) is 5.69 Å². The van der Waals surface area contributed by atoms with Gasteiger partial charge >= 0.3 is 0 Å². The van der Waals surface area contributed by atoms with Gasteiger partial charge < -0.3 is 10.4 Å². The number of aryl methyl sites for hydroxylation is 1. The van der Waals surface area contributed by atoms with Crippen LogP contribution in [0.15, 0.2) is 83.8 Å². The molecule has 0 saturated heterocycles. The molecule has 0 heterocycles. The number of hydrogen-bond donors (Lipinski definition) is 3. The van der Waals surface area contributed by atoms with E-state index in [1.165, 1.54) is 5.56 Å². The van der Waals surface area contributed by atoms with Crippen LogP contribution in [0.5, 0.6) is 0 Å². The van der Waals surface area contributed by atoms with E-state index < -0.39 is 27.0 Å². The van der Waals surface area contributed by atoms with Crippen LogP contribution in [0.25, 0.3) is 0 Å². The molecule has 3 atom stereocenters. The molecule has 0 aliphatic heterocycles. The Hall–Kier alpha value is -3.60. The molecule has 0 fully saturated rings. The third kappa shape index (κ3) is 7.03. The zero-order valence-electron chi connectivity index (χ0n) is 20.8. The topological polar surface area (TPSA) is 139 Å². The molecule has 1 aliphatic carbocycles. The van der Waals surface area contributed by atoms with E-state index in [0.717, 1.165) is 54.7 Å². The second-order valence-electron chi connectivity index (χ2n) is 9.53. The molecule has 1 aliphatic rings. The zero-order valence-corrected chi connectivity index (χ0v) is 21.6. The quantitative estimate of drug-likeness (QED) is 0.252. The molecule has 0 radical (unpaired) electrons. The highest BCUT2D eigenvalue weighted by atomic mass is 32.2. The Morgan fingerprint density at radius 1 is 1.03 bits per heavy atom. The fourth-order valence-corrected chi connectivity index (χ4v) is 5.90. The summed E-state index contributed by atoms with van der Waals surface area (Å²) in [5.74, 6) is -0.766. The van der Waals surface area contributed by atoms with Crippen LogP contribution in [-0.4, -0.2) is 37.0 Å². The molecule has 1 unspecified atom stereocenters. The van der Waals surface area contributed by atoms with Gasteiger partial charge in [-0.1, -0.05) is 54.6 Å². The molecule has 0 bridgehead atoms. The lowest BCUT2D eigenvalue weighted by molar-refractivity contribution is -0.384. The number of benzene rings is 3. The summed E-state index contributed by atoms with van der Waals surface area (Å²) in [7, 11) is -4.00. The maximum absolute atomic E-state index is 13.5. The summed E-state index contributed by atoms with van der Waals surface area (Å²) in [4.78, 5) is 23.5. The standard InChI is InChI=1S/C28H31N3O6S/c32-24(19-29-38(36,37)25-15-13-23(14-16-25)31(34)35)18-22(17-20-7-2-1-3-8-20)28(33)30-27-12-6-10-21-9-4-5-11-26(21)27/h1-5,7-9,11,13-16,22,24,27,29,32H,6,10,12,17-19H2,(H,30,33)/t22-,24+,27?/m1/s1. The van der Waals surface area contributed by atoms with E-state index in [1.807, 2.05) is 48.5 Å². The monoisotopic (exact) mass is 537 g/mol. The molecule has 9 nitrogen and oxygen atoms in total. The van der Waals surface area contributed by atoms with Crippen LogP contribution in [0.1, 0.15) is 42.0 Å². The molecule has 0 aromatic heterocycles. The normalized spacial score (nSPS) is 16.7. The Morgan fingerprint density at radius 2 is 1.71 bits per heavy atom. The predicted molar refractivity (Wildman–Crippen MR) is 143 cm³/mol. The second kappa shape index (κ2) is 12.3. The number of amides is 1. The minimum atomic E-state index is -4.00. The number of carbonyl (C=O) groups excluding carboxylic acids is 1. The molecular weight excluding hydrogens is 506 g/mol. The minimum absolute atomic E-state index is 0.0534. The van der Waals surface area contributed by atoms with E-state index >= 15 is 0 Å². The molecule has 10 heteroatoms. The van der Waals surface area contributed by atoms with Crippen LogP contribution in [-0.2, 0) is 27.7 Å². The van der Waals surface area contributed by atoms with Gasteiger partial charge in [-0.25, -0.2) is 13.1 Å². The summed E-state index contributed by atoms with van der Waals surface area (Å²) >= 11 is 0.